The molecule has 0 spiro atoms. The third kappa shape index (κ3) is 4.67. The van der Waals surface area contributed by atoms with E-state index in [4.69, 9.17) is 23.2 Å². The first kappa shape index (κ1) is 26.5. The number of amides is 1. The summed E-state index contributed by atoms with van der Waals surface area (Å²) < 4.78 is 15.9. The lowest BCUT2D eigenvalue weighted by Gasteiger charge is -2.40. The Bertz CT molecular complexity index is 1600. The van der Waals surface area contributed by atoms with Crippen molar-refractivity contribution in [1.82, 2.24) is 9.88 Å². The van der Waals surface area contributed by atoms with Gasteiger partial charge in [0.25, 0.3) is 5.91 Å². The Morgan fingerprint density at radius 3 is 2.21 bits per heavy atom. The number of carboxylic acids is 1. The van der Waals surface area contributed by atoms with Crippen LogP contribution in [0.4, 0.5) is 4.39 Å². The molecule has 1 aliphatic rings. The zero-order valence-electron chi connectivity index (χ0n) is 20.0. The van der Waals surface area contributed by atoms with Crippen LogP contribution in [0.2, 0.25) is 10.0 Å². The highest BCUT2D eigenvalue weighted by Gasteiger charge is 2.55. The first-order chi connectivity index (χ1) is 18.6. The third-order valence-electron chi connectivity index (χ3n) is 6.58. The Kier molecular flexibility index (Phi) is 6.94. The van der Waals surface area contributed by atoms with Gasteiger partial charge >= 0.3 is 5.97 Å². The van der Waals surface area contributed by atoms with E-state index in [-0.39, 0.29) is 22.4 Å². The Hall–Kier alpha value is -4.11. The van der Waals surface area contributed by atoms with Crippen LogP contribution in [0.25, 0.3) is 0 Å². The van der Waals surface area contributed by atoms with Crippen LogP contribution in [-0.4, -0.2) is 37.8 Å². The van der Waals surface area contributed by atoms with Crippen molar-refractivity contribution in [2.24, 2.45) is 0 Å². The first-order valence-electron chi connectivity index (χ1n) is 11.7. The molecule has 0 fully saturated rings. The number of benzene rings is 3. The Morgan fingerprint density at radius 1 is 0.974 bits per heavy atom. The van der Waals surface area contributed by atoms with E-state index in [0.717, 1.165) is 11.0 Å². The molecule has 5 rings (SSSR count). The molecule has 0 aliphatic carbocycles. The van der Waals surface area contributed by atoms with Gasteiger partial charge in [-0.05, 0) is 54.1 Å². The molecule has 4 aromatic rings. The highest BCUT2D eigenvalue weighted by molar-refractivity contribution is 6.30. The van der Waals surface area contributed by atoms with Crippen molar-refractivity contribution in [3.63, 3.8) is 0 Å². The second-order valence-corrected chi connectivity index (χ2v) is 9.82. The van der Waals surface area contributed by atoms with E-state index in [0.29, 0.717) is 15.6 Å². The minimum atomic E-state index is -2.44. The van der Waals surface area contributed by atoms with E-state index < -0.39 is 47.2 Å². The van der Waals surface area contributed by atoms with E-state index >= 15 is 4.39 Å². The first-order valence-corrected chi connectivity index (χ1v) is 12.5. The summed E-state index contributed by atoms with van der Waals surface area (Å²) >= 11 is 12.1. The molecule has 0 saturated heterocycles. The van der Waals surface area contributed by atoms with E-state index in [1.165, 1.54) is 66.9 Å². The van der Waals surface area contributed by atoms with Gasteiger partial charge in [0.2, 0.25) is 5.78 Å². The van der Waals surface area contributed by atoms with Crippen LogP contribution in [0.3, 0.4) is 0 Å². The van der Waals surface area contributed by atoms with Crippen molar-refractivity contribution in [1.29, 1.82) is 0 Å². The largest absolute Gasteiger partial charge is 0.481 e. The summed E-state index contributed by atoms with van der Waals surface area (Å²) in [5.41, 5.74) is -2.82. The van der Waals surface area contributed by atoms with E-state index in [2.05, 4.69) is 4.98 Å². The van der Waals surface area contributed by atoms with Gasteiger partial charge in [-0.1, -0.05) is 53.5 Å². The lowest BCUT2D eigenvalue weighted by atomic mass is 9.90. The number of nitrogens with zero attached hydrogens (tertiary/aromatic N) is 2. The molecule has 2 N–H and O–H groups in total. The van der Waals surface area contributed by atoms with Crippen LogP contribution in [0.5, 0.6) is 0 Å². The van der Waals surface area contributed by atoms with Crippen LogP contribution in [0.15, 0.2) is 85.1 Å². The van der Waals surface area contributed by atoms with Crippen molar-refractivity contribution in [3.05, 3.63) is 134 Å². The van der Waals surface area contributed by atoms with Gasteiger partial charge in [-0.2, -0.15) is 0 Å². The number of halogens is 3. The molecular weight excluding hydrogens is 546 g/mol. The molecule has 1 aliphatic heterocycles. The minimum absolute atomic E-state index is 0.0389. The molecule has 2 atom stereocenters. The van der Waals surface area contributed by atoms with Gasteiger partial charge in [-0.15, -0.1) is 0 Å². The number of hydrogen-bond acceptors (Lipinski definition) is 5. The summed E-state index contributed by atoms with van der Waals surface area (Å²) in [6.07, 6.45) is 0.796. The van der Waals surface area contributed by atoms with Crippen LogP contribution < -0.4 is 0 Å². The monoisotopic (exact) mass is 564 g/mol. The third-order valence-corrected chi connectivity index (χ3v) is 7.08. The maximum Gasteiger partial charge on any atom is 0.305 e. The number of pyridine rings is 1. The maximum atomic E-state index is 15.9. The van der Waals surface area contributed by atoms with Gasteiger partial charge in [0.15, 0.2) is 5.72 Å². The van der Waals surface area contributed by atoms with Crippen LogP contribution in [-0.2, 0) is 10.5 Å². The number of aliphatic carboxylic acids is 1. The highest BCUT2D eigenvalue weighted by atomic mass is 35.5. The topological polar surface area (TPSA) is 108 Å². The number of carbonyl (C=O) groups is 3. The molecule has 0 radical (unpaired) electrons. The smallest absolute Gasteiger partial charge is 0.305 e. The molecule has 0 saturated carbocycles. The van der Waals surface area contributed by atoms with Gasteiger partial charge in [-0.3, -0.25) is 24.3 Å². The van der Waals surface area contributed by atoms with Crippen LogP contribution in [0.1, 0.15) is 55.6 Å². The summed E-state index contributed by atoms with van der Waals surface area (Å²) in [5.74, 6) is -3.77. The molecule has 39 heavy (non-hydrogen) atoms. The summed E-state index contributed by atoms with van der Waals surface area (Å²) in [5, 5.41) is 22.7. The number of fused-ring (bicyclic) bond motifs is 1. The lowest BCUT2D eigenvalue weighted by Crippen LogP contribution is -2.47. The number of ketones is 1. The summed E-state index contributed by atoms with van der Waals surface area (Å²) in [6, 6.07) is 17.4. The summed E-state index contributed by atoms with van der Waals surface area (Å²) in [6.45, 7) is 0. The quantitative estimate of drug-likeness (QED) is 0.282. The fourth-order valence-electron chi connectivity index (χ4n) is 4.84. The second kappa shape index (κ2) is 10.2. The van der Waals surface area contributed by atoms with Crippen molar-refractivity contribution in [2.45, 2.75) is 18.2 Å². The standard InChI is InChI=1S/C29H19Cl2FN2O5/c30-19-8-4-16(5-9-19)24(15-25(35)36)34-28(38)21-13-17(27(37)23-3-1-2-12-33-23)14-22(32)26(21)29(34,39)18-6-10-20(31)11-7-18/h1-14,24,39H,15H2,(H,35,36)/t24-,29?/m0/s1. The lowest BCUT2D eigenvalue weighted by molar-refractivity contribution is -0.140. The zero-order chi connectivity index (χ0) is 27.9. The highest BCUT2D eigenvalue weighted by Crippen LogP contribution is 2.49. The molecule has 2 heterocycles. The Balaban J connectivity index is 1.74. The van der Waals surface area contributed by atoms with Crippen molar-refractivity contribution in [3.8, 4) is 0 Å². The SMILES string of the molecule is O=C(O)C[C@@H](c1ccc(Cl)cc1)N1C(=O)c2cc(C(=O)c3ccccn3)cc(F)c2C1(O)c1ccc(Cl)cc1. The van der Waals surface area contributed by atoms with Gasteiger partial charge in [0.05, 0.1) is 23.6 Å². The second-order valence-electron chi connectivity index (χ2n) is 8.94. The van der Waals surface area contributed by atoms with Crippen molar-refractivity contribution < 1.29 is 29.0 Å². The minimum Gasteiger partial charge on any atom is -0.481 e. The number of carbonyl (C=O) groups excluding carboxylic acids is 2. The van der Waals surface area contributed by atoms with Crippen molar-refractivity contribution >= 4 is 40.9 Å². The fourth-order valence-corrected chi connectivity index (χ4v) is 5.10. The van der Waals surface area contributed by atoms with Crippen LogP contribution in [0, 0.1) is 5.82 Å². The number of aliphatic hydroxyl groups is 1. The molecule has 7 nitrogen and oxygen atoms in total. The van der Waals surface area contributed by atoms with Gasteiger partial charge in [0.1, 0.15) is 11.5 Å². The number of hydrogen-bond donors (Lipinski definition) is 2. The molecule has 0 bridgehead atoms. The molecule has 1 amide bonds. The van der Waals surface area contributed by atoms with Gasteiger partial charge in [-0.25, -0.2) is 4.39 Å². The maximum absolute atomic E-state index is 15.9. The molecule has 1 unspecified atom stereocenters. The van der Waals surface area contributed by atoms with Gasteiger partial charge in [0, 0.05) is 27.4 Å². The van der Waals surface area contributed by atoms with E-state index in [1.807, 2.05) is 0 Å². The zero-order valence-corrected chi connectivity index (χ0v) is 21.5. The van der Waals surface area contributed by atoms with Crippen LogP contribution >= 0.6 is 23.2 Å². The molecule has 1 aromatic heterocycles. The molecular formula is C29H19Cl2FN2O5. The normalized spacial score (nSPS) is 17.1. The Labute approximate surface area is 232 Å². The average molecular weight is 565 g/mol. The fraction of sp³-hybridized carbons (Fsp3) is 0.103. The van der Waals surface area contributed by atoms with E-state index in [1.54, 1.807) is 12.1 Å². The Morgan fingerprint density at radius 2 is 1.62 bits per heavy atom. The van der Waals surface area contributed by atoms with Gasteiger partial charge < -0.3 is 10.2 Å². The summed E-state index contributed by atoms with van der Waals surface area (Å²) in [7, 11) is 0. The number of aromatic nitrogens is 1. The van der Waals surface area contributed by atoms with E-state index in [9.17, 15) is 24.6 Å². The molecule has 196 valence electrons. The van der Waals surface area contributed by atoms with Crippen molar-refractivity contribution in [2.75, 3.05) is 0 Å². The predicted octanol–water partition coefficient (Wildman–Crippen LogP) is 5.62. The predicted molar refractivity (Wildman–Crippen MR) is 141 cm³/mol. The number of rotatable bonds is 7. The molecule has 10 heteroatoms. The number of carboxylic acid groups (broad SMARTS) is 1. The molecule has 3 aromatic carbocycles. The average Bonchev–Trinajstić information content (AvgIpc) is 3.15. The summed E-state index contributed by atoms with van der Waals surface area (Å²) in [4.78, 5) is 44.0.